The van der Waals surface area contributed by atoms with Gasteiger partial charge >= 0.3 is 0 Å². The molecule has 1 aliphatic carbocycles. The van der Waals surface area contributed by atoms with E-state index in [-0.39, 0.29) is 0 Å². The van der Waals surface area contributed by atoms with Crippen LogP contribution >= 0.6 is 0 Å². The number of fused-ring (bicyclic) bond motifs is 1. The van der Waals surface area contributed by atoms with Crippen LogP contribution in [0.2, 0.25) is 0 Å². The third kappa shape index (κ3) is 2.69. The second-order valence-electron chi connectivity index (χ2n) is 6.41. The van der Waals surface area contributed by atoms with Gasteiger partial charge in [-0.2, -0.15) is 0 Å². The lowest BCUT2D eigenvalue weighted by atomic mass is 9.95. The van der Waals surface area contributed by atoms with Crippen molar-refractivity contribution in [1.29, 1.82) is 0 Å². The lowest BCUT2D eigenvalue weighted by molar-refractivity contribution is 0.462. The van der Waals surface area contributed by atoms with Gasteiger partial charge in [-0.1, -0.05) is 25.3 Å². The molecule has 0 amide bonds. The van der Waals surface area contributed by atoms with E-state index in [1.165, 1.54) is 37.7 Å². The Morgan fingerprint density at radius 2 is 2.00 bits per heavy atom. The molecule has 0 atom stereocenters. The molecule has 0 aliphatic heterocycles. The van der Waals surface area contributed by atoms with Gasteiger partial charge < -0.3 is 5.32 Å². The van der Waals surface area contributed by atoms with Crippen molar-refractivity contribution in [3.8, 4) is 11.3 Å². The van der Waals surface area contributed by atoms with Gasteiger partial charge in [0.05, 0.1) is 0 Å². The fourth-order valence-corrected chi connectivity index (χ4v) is 3.49. The first kappa shape index (κ1) is 14.2. The summed E-state index contributed by atoms with van der Waals surface area (Å²) in [5, 5.41) is 3.77. The maximum Gasteiger partial charge on any atom is 0.142 e. The van der Waals surface area contributed by atoms with Crippen molar-refractivity contribution in [2.24, 2.45) is 0 Å². The van der Waals surface area contributed by atoms with E-state index in [1.54, 1.807) is 6.20 Å². The number of nitrogens with zero attached hydrogens (tertiary/aromatic N) is 3. The summed E-state index contributed by atoms with van der Waals surface area (Å²) in [5.41, 5.74) is 4.27. The van der Waals surface area contributed by atoms with Gasteiger partial charge in [-0.25, -0.2) is 4.98 Å². The highest BCUT2D eigenvalue weighted by molar-refractivity contribution is 5.77. The molecule has 23 heavy (non-hydrogen) atoms. The van der Waals surface area contributed by atoms with Crippen molar-refractivity contribution >= 4 is 11.5 Å². The molecule has 118 valence electrons. The molecule has 0 radical (unpaired) electrons. The first-order valence-corrected chi connectivity index (χ1v) is 8.47. The molecule has 0 unspecified atom stereocenters. The summed E-state index contributed by atoms with van der Waals surface area (Å²) >= 11 is 0. The topological polar surface area (TPSA) is 42.2 Å². The summed E-state index contributed by atoms with van der Waals surface area (Å²) in [6, 6.07) is 8.79. The van der Waals surface area contributed by atoms with Gasteiger partial charge in [0.1, 0.15) is 17.2 Å². The highest BCUT2D eigenvalue weighted by Crippen LogP contribution is 2.31. The van der Waals surface area contributed by atoms with Gasteiger partial charge in [0.25, 0.3) is 0 Å². The van der Waals surface area contributed by atoms with Crippen LogP contribution in [-0.4, -0.2) is 20.4 Å². The van der Waals surface area contributed by atoms with Crippen LogP contribution in [0.25, 0.3) is 16.9 Å². The molecule has 4 nitrogen and oxygen atoms in total. The van der Waals surface area contributed by atoms with Gasteiger partial charge in [-0.3, -0.25) is 9.38 Å². The van der Waals surface area contributed by atoms with E-state index < -0.39 is 0 Å². The predicted octanol–water partition coefficient (Wildman–Crippen LogP) is 4.45. The molecule has 0 aromatic carbocycles. The predicted molar refractivity (Wildman–Crippen MR) is 93.7 cm³/mol. The van der Waals surface area contributed by atoms with E-state index in [4.69, 9.17) is 4.98 Å². The molecular weight excluding hydrogens is 284 g/mol. The van der Waals surface area contributed by atoms with E-state index >= 15 is 0 Å². The third-order valence-electron chi connectivity index (χ3n) is 4.73. The molecule has 4 rings (SSSR count). The minimum atomic E-state index is 0.541. The number of pyridine rings is 2. The van der Waals surface area contributed by atoms with Crippen molar-refractivity contribution in [2.45, 2.75) is 45.1 Å². The minimum Gasteiger partial charge on any atom is -0.367 e. The van der Waals surface area contributed by atoms with Crippen LogP contribution in [0.1, 0.15) is 37.7 Å². The Bertz CT molecular complexity index is 801. The third-order valence-corrected chi connectivity index (χ3v) is 4.73. The van der Waals surface area contributed by atoms with Crippen LogP contribution in [0.5, 0.6) is 0 Å². The minimum absolute atomic E-state index is 0.541. The van der Waals surface area contributed by atoms with Crippen LogP contribution in [0, 0.1) is 6.92 Å². The second kappa shape index (κ2) is 6.03. The molecule has 0 saturated heterocycles. The van der Waals surface area contributed by atoms with Gasteiger partial charge in [0, 0.05) is 30.2 Å². The fourth-order valence-electron chi connectivity index (χ4n) is 3.49. The summed E-state index contributed by atoms with van der Waals surface area (Å²) in [6.45, 7) is 2.11. The Balaban J connectivity index is 1.83. The van der Waals surface area contributed by atoms with E-state index in [0.29, 0.717) is 6.04 Å². The zero-order valence-corrected chi connectivity index (χ0v) is 13.5. The summed E-state index contributed by atoms with van der Waals surface area (Å²) in [4.78, 5) is 9.17. The average Bonchev–Trinajstić information content (AvgIpc) is 2.97. The van der Waals surface area contributed by atoms with Gasteiger partial charge in [0.15, 0.2) is 0 Å². The van der Waals surface area contributed by atoms with Crippen molar-refractivity contribution < 1.29 is 0 Å². The molecule has 4 heteroatoms. The quantitative estimate of drug-likeness (QED) is 0.777. The lowest BCUT2D eigenvalue weighted by Gasteiger charge is -2.24. The smallest absolute Gasteiger partial charge is 0.142 e. The van der Waals surface area contributed by atoms with Crippen molar-refractivity contribution in [3.63, 3.8) is 0 Å². The van der Waals surface area contributed by atoms with E-state index in [1.807, 2.05) is 12.3 Å². The van der Waals surface area contributed by atoms with Crippen LogP contribution < -0.4 is 5.32 Å². The Morgan fingerprint density at radius 3 is 2.78 bits per heavy atom. The summed E-state index contributed by atoms with van der Waals surface area (Å²) in [5.74, 6) is 1.10. The molecule has 3 aromatic heterocycles. The first-order valence-electron chi connectivity index (χ1n) is 8.47. The van der Waals surface area contributed by atoms with Crippen molar-refractivity contribution in [1.82, 2.24) is 14.4 Å². The van der Waals surface area contributed by atoms with Crippen molar-refractivity contribution in [2.75, 3.05) is 5.32 Å². The first-order chi connectivity index (χ1) is 11.3. The maximum atomic E-state index is 4.91. The molecule has 3 heterocycles. The molecule has 1 N–H and O–H groups in total. The maximum absolute atomic E-state index is 4.91. The largest absolute Gasteiger partial charge is 0.367 e. The number of anilines is 1. The monoisotopic (exact) mass is 306 g/mol. The highest BCUT2D eigenvalue weighted by atomic mass is 15.1. The molecular formula is C19H22N4. The average molecular weight is 306 g/mol. The summed E-state index contributed by atoms with van der Waals surface area (Å²) in [6.07, 6.45) is 12.3. The number of hydrogen-bond donors (Lipinski definition) is 1. The molecule has 1 fully saturated rings. The van der Waals surface area contributed by atoms with Crippen LogP contribution in [-0.2, 0) is 0 Å². The summed E-state index contributed by atoms with van der Waals surface area (Å²) in [7, 11) is 0. The molecule has 0 spiro atoms. The zero-order chi connectivity index (χ0) is 15.6. The Morgan fingerprint density at radius 1 is 1.13 bits per heavy atom. The van der Waals surface area contributed by atoms with Crippen LogP contribution in [0.15, 0.2) is 42.9 Å². The van der Waals surface area contributed by atoms with E-state index in [9.17, 15) is 0 Å². The molecule has 1 aliphatic rings. The van der Waals surface area contributed by atoms with Crippen LogP contribution in [0.3, 0.4) is 0 Å². The molecule has 1 saturated carbocycles. The van der Waals surface area contributed by atoms with E-state index in [0.717, 1.165) is 22.7 Å². The Hall–Kier alpha value is -2.36. The number of aromatic nitrogens is 3. The van der Waals surface area contributed by atoms with Crippen LogP contribution in [0.4, 0.5) is 5.82 Å². The highest BCUT2D eigenvalue weighted by Gasteiger charge is 2.20. The number of nitrogens with one attached hydrogen (secondary N) is 1. The number of hydrogen-bond acceptors (Lipinski definition) is 3. The second-order valence-corrected chi connectivity index (χ2v) is 6.41. The Kier molecular flexibility index (Phi) is 3.74. The standard InChI is InChI=1S/C19H22N4/c1-14-7-6-12-23-18(14)22-17(15-8-5-11-20-13-15)19(23)21-16-9-3-2-4-10-16/h5-8,11-13,16,21H,2-4,9-10H2,1H3. The van der Waals surface area contributed by atoms with Gasteiger partial charge in [-0.05, 0) is 43.5 Å². The molecule has 3 aromatic rings. The summed E-state index contributed by atoms with van der Waals surface area (Å²) < 4.78 is 2.19. The number of rotatable bonds is 3. The lowest BCUT2D eigenvalue weighted by Crippen LogP contribution is -2.23. The van der Waals surface area contributed by atoms with E-state index in [2.05, 4.69) is 46.0 Å². The fraction of sp³-hybridized carbons (Fsp3) is 0.368. The van der Waals surface area contributed by atoms with Gasteiger partial charge in [-0.15, -0.1) is 0 Å². The Labute approximate surface area is 136 Å². The zero-order valence-electron chi connectivity index (χ0n) is 13.5. The molecule has 0 bridgehead atoms. The van der Waals surface area contributed by atoms with Crippen molar-refractivity contribution in [3.05, 3.63) is 48.4 Å². The van der Waals surface area contributed by atoms with Gasteiger partial charge in [0.2, 0.25) is 0 Å². The number of aryl methyl sites for hydroxylation is 1. The normalized spacial score (nSPS) is 15.9. The number of imidazole rings is 1. The SMILES string of the molecule is Cc1cccn2c(NC3CCCCC3)c(-c3cccnc3)nc12.